The predicted molar refractivity (Wildman–Crippen MR) is 72.8 cm³/mol. The van der Waals surface area contributed by atoms with Crippen molar-refractivity contribution in [2.75, 3.05) is 27.4 Å². The highest BCUT2D eigenvalue weighted by molar-refractivity contribution is 5.45. The van der Waals surface area contributed by atoms with Crippen molar-refractivity contribution >= 4 is 0 Å². The van der Waals surface area contributed by atoms with E-state index in [1.54, 1.807) is 14.2 Å². The minimum atomic E-state index is -0.0175. The standard InChI is InChI=1S/C13H23N3O2/c1-13(2,8-15-9-16-14)10-5-6-11(17-3)12(7-10)18-4/h5-7,15-16H,8-9,14H2,1-4H3. The molecule has 0 aromatic heterocycles. The van der Waals surface area contributed by atoms with Crippen LogP contribution in [0, 0.1) is 0 Å². The number of nitrogens with two attached hydrogens (primary N) is 1. The Hall–Kier alpha value is -1.30. The van der Waals surface area contributed by atoms with Gasteiger partial charge < -0.3 is 14.8 Å². The molecule has 0 aliphatic heterocycles. The van der Waals surface area contributed by atoms with Crippen molar-refractivity contribution in [3.05, 3.63) is 23.8 Å². The van der Waals surface area contributed by atoms with Crippen LogP contribution >= 0.6 is 0 Å². The Morgan fingerprint density at radius 2 is 1.83 bits per heavy atom. The maximum absolute atomic E-state index is 5.32. The van der Waals surface area contributed by atoms with E-state index in [0.29, 0.717) is 6.67 Å². The van der Waals surface area contributed by atoms with E-state index < -0.39 is 0 Å². The number of hydrazine groups is 1. The average molecular weight is 253 g/mol. The highest BCUT2D eigenvalue weighted by Gasteiger charge is 2.21. The molecule has 0 heterocycles. The van der Waals surface area contributed by atoms with Crippen LogP contribution in [-0.4, -0.2) is 27.4 Å². The first-order valence-corrected chi connectivity index (χ1v) is 5.92. The summed E-state index contributed by atoms with van der Waals surface area (Å²) in [5.41, 5.74) is 3.74. The number of hydrogen-bond acceptors (Lipinski definition) is 5. The van der Waals surface area contributed by atoms with Crippen molar-refractivity contribution in [1.82, 2.24) is 10.7 Å². The molecule has 0 spiro atoms. The third-order valence-electron chi connectivity index (χ3n) is 2.96. The molecule has 0 saturated heterocycles. The zero-order chi connectivity index (χ0) is 13.6. The van der Waals surface area contributed by atoms with Gasteiger partial charge in [-0.1, -0.05) is 19.9 Å². The Bertz CT molecular complexity index is 380. The van der Waals surface area contributed by atoms with E-state index in [2.05, 4.69) is 30.7 Å². The zero-order valence-electron chi connectivity index (χ0n) is 11.5. The number of rotatable bonds is 7. The molecule has 5 nitrogen and oxygen atoms in total. The molecular formula is C13H23N3O2. The van der Waals surface area contributed by atoms with Crippen molar-refractivity contribution in [3.8, 4) is 11.5 Å². The van der Waals surface area contributed by atoms with E-state index in [9.17, 15) is 0 Å². The van der Waals surface area contributed by atoms with Gasteiger partial charge >= 0.3 is 0 Å². The fourth-order valence-electron chi connectivity index (χ4n) is 1.81. The van der Waals surface area contributed by atoms with Crippen molar-refractivity contribution in [3.63, 3.8) is 0 Å². The summed E-state index contributed by atoms with van der Waals surface area (Å²) in [6.07, 6.45) is 0. The Balaban J connectivity index is 2.87. The quantitative estimate of drug-likeness (QED) is 0.293. The van der Waals surface area contributed by atoms with Crippen LogP contribution in [0.2, 0.25) is 0 Å². The summed E-state index contributed by atoms with van der Waals surface area (Å²) in [7, 11) is 3.28. The molecule has 1 aromatic carbocycles. The maximum Gasteiger partial charge on any atom is 0.161 e. The highest BCUT2D eigenvalue weighted by atomic mass is 16.5. The third kappa shape index (κ3) is 3.60. The van der Waals surface area contributed by atoms with E-state index in [0.717, 1.165) is 18.0 Å². The van der Waals surface area contributed by atoms with Gasteiger partial charge in [0.25, 0.3) is 0 Å². The summed E-state index contributed by atoms with van der Waals surface area (Å²) in [6.45, 7) is 5.72. The summed E-state index contributed by atoms with van der Waals surface area (Å²) in [4.78, 5) is 0. The highest BCUT2D eigenvalue weighted by Crippen LogP contribution is 2.32. The Morgan fingerprint density at radius 1 is 1.17 bits per heavy atom. The number of hydrogen-bond donors (Lipinski definition) is 3. The fraction of sp³-hybridized carbons (Fsp3) is 0.538. The molecule has 4 N–H and O–H groups in total. The smallest absolute Gasteiger partial charge is 0.161 e. The molecule has 0 aliphatic rings. The summed E-state index contributed by atoms with van der Waals surface area (Å²) in [5, 5.41) is 3.23. The van der Waals surface area contributed by atoms with Crippen molar-refractivity contribution in [1.29, 1.82) is 0 Å². The Morgan fingerprint density at radius 3 is 2.39 bits per heavy atom. The normalized spacial score (nSPS) is 11.4. The van der Waals surface area contributed by atoms with Crippen LogP contribution in [-0.2, 0) is 5.41 Å². The van der Waals surface area contributed by atoms with Gasteiger partial charge in [0.1, 0.15) is 0 Å². The lowest BCUT2D eigenvalue weighted by Crippen LogP contribution is -2.40. The molecule has 0 atom stereocenters. The predicted octanol–water partition coefficient (Wildman–Crippen LogP) is 0.992. The fourth-order valence-corrected chi connectivity index (χ4v) is 1.81. The van der Waals surface area contributed by atoms with Gasteiger partial charge in [-0.15, -0.1) is 0 Å². The van der Waals surface area contributed by atoms with Crippen LogP contribution < -0.4 is 26.1 Å². The zero-order valence-corrected chi connectivity index (χ0v) is 11.5. The monoisotopic (exact) mass is 253 g/mol. The molecular weight excluding hydrogens is 230 g/mol. The first-order chi connectivity index (χ1) is 8.55. The average Bonchev–Trinajstić information content (AvgIpc) is 2.38. The minimum absolute atomic E-state index is 0.0175. The SMILES string of the molecule is COc1ccc(C(C)(C)CNCNN)cc1OC. The molecule has 0 aliphatic carbocycles. The molecule has 0 bridgehead atoms. The Kier molecular flexibility index (Phi) is 5.40. The van der Waals surface area contributed by atoms with Crippen LogP contribution in [0.4, 0.5) is 0 Å². The Labute approximate surface area is 109 Å². The number of ether oxygens (including phenoxy) is 2. The molecule has 0 radical (unpaired) electrons. The van der Waals surface area contributed by atoms with E-state index in [-0.39, 0.29) is 5.41 Å². The van der Waals surface area contributed by atoms with E-state index in [1.165, 1.54) is 5.56 Å². The summed E-state index contributed by atoms with van der Waals surface area (Å²) in [5.74, 6) is 6.73. The summed E-state index contributed by atoms with van der Waals surface area (Å²) >= 11 is 0. The van der Waals surface area contributed by atoms with Gasteiger partial charge in [0, 0.05) is 12.0 Å². The largest absolute Gasteiger partial charge is 0.493 e. The number of nitrogens with one attached hydrogen (secondary N) is 2. The molecule has 0 amide bonds. The van der Waals surface area contributed by atoms with E-state index in [1.807, 2.05) is 12.1 Å². The van der Waals surface area contributed by atoms with Gasteiger partial charge in [0.2, 0.25) is 0 Å². The second kappa shape index (κ2) is 6.58. The lowest BCUT2D eigenvalue weighted by molar-refractivity contribution is 0.352. The van der Waals surface area contributed by atoms with Gasteiger partial charge in [-0.25, -0.2) is 5.43 Å². The van der Waals surface area contributed by atoms with Gasteiger partial charge in [-0.3, -0.25) is 5.84 Å². The number of methoxy groups -OCH3 is 2. The van der Waals surface area contributed by atoms with Crippen LogP contribution in [0.1, 0.15) is 19.4 Å². The van der Waals surface area contributed by atoms with Gasteiger partial charge in [-0.05, 0) is 17.7 Å². The number of benzene rings is 1. The van der Waals surface area contributed by atoms with Gasteiger partial charge in [-0.2, -0.15) is 0 Å². The molecule has 0 fully saturated rings. The van der Waals surface area contributed by atoms with Crippen LogP contribution in [0.3, 0.4) is 0 Å². The molecule has 5 heteroatoms. The summed E-state index contributed by atoms with van der Waals surface area (Å²) in [6, 6.07) is 5.99. The lowest BCUT2D eigenvalue weighted by Gasteiger charge is -2.26. The van der Waals surface area contributed by atoms with Crippen LogP contribution in [0.5, 0.6) is 11.5 Å². The third-order valence-corrected chi connectivity index (χ3v) is 2.96. The molecule has 102 valence electrons. The van der Waals surface area contributed by atoms with Gasteiger partial charge in [0.05, 0.1) is 20.9 Å². The molecule has 0 saturated carbocycles. The minimum Gasteiger partial charge on any atom is -0.493 e. The van der Waals surface area contributed by atoms with Gasteiger partial charge in [0.15, 0.2) is 11.5 Å². The van der Waals surface area contributed by atoms with Crippen molar-refractivity contribution in [2.24, 2.45) is 5.84 Å². The summed E-state index contributed by atoms with van der Waals surface area (Å²) < 4.78 is 10.6. The lowest BCUT2D eigenvalue weighted by atomic mass is 9.84. The molecule has 18 heavy (non-hydrogen) atoms. The van der Waals surface area contributed by atoms with Crippen molar-refractivity contribution in [2.45, 2.75) is 19.3 Å². The first kappa shape index (κ1) is 14.8. The second-order valence-electron chi connectivity index (χ2n) is 4.76. The molecule has 1 aromatic rings. The van der Waals surface area contributed by atoms with Crippen molar-refractivity contribution < 1.29 is 9.47 Å². The topological polar surface area (TPSA) is 68.5 Å². The van der Waals surface area contributed by atoms with Crippen LogP contribution in [0.15, 0.2) is 18.2 Å². The van der Waals surface area contributed by atoms with E-state index in [4.69, 9.17) is 15.3 Å². The molecule has 0 unspecified atom stereocenters. The maximum atomic E-state index is 5.32. The van der Waals surface area contributed by atoms with E-state index >= 15 is 0 Å². The molecule has 1 rings (SSSR count). The second-order valence-corrected chi connectivity index (χ2v) is 4.76. The van der Waals surface area contributed by atoms with Crippen LogP contribution in [0.25, 0.3) is 0 Å². The first-order valence-electron chi connectivity index (χ1n) is 5.92.